The van der Waals surface area contributed by atoms with Crippen molar-refractivity contribution in [2.45, 2.75) is 56.9 Å². The molecule has 0 radical (unpaired) electrons. The molecule has 1 unspecified atom stereocenters. The third-order valence-electron chi connectivity index (χ3n) is 4.92. The maximum Gasteiger partial charge on any atom is 0.137 e. The minimum Gasteiger partial charge on any atom is -0.495 e. The molecule has 1 atom stereocenters. The Morgan fingerprint density at radius 1 is 1.32 bits per heavy atom. The molecule has 0 amide bonds. The van der Waals surface area contributed by atoms with Crippen LogP contribution in [0.1, 0.15) is 49.3 Å². The van der Waals surface area contributed by atoms with Crippen LogP contribution in [0.25, 0.3) is 0 Å². The molecule has 0 saturated heterocycles. The van der Waals surface area contributed by atoms with Crippen molar-refractivity contribution in [1.82, 2.24) is 0 Å². The van der Waals surface area contributed by atoms with Gasteiger partial charge in [0.2, 0.25) is 0 Å². The van der Waals surface area contributed by atoms with Crippen molar-refractivity contribution in [1.29, 1.82) is 0 Å². The fourth-order valence-electron chi connectivity index (χ4n) is 3.64. The van der Waals surface area contributed by atoms with Gasteiger partial charge in [0.15, 0.2) is 0 Å². The monoisotopic (exact) mass is 323 g/mol. The van der Waals surface area contributed by atoms with Crippen molar-refractivity contribution in [3.05, 3.63) is 27.2 Å². The second-order valence-corrected chi connectivity index (χ2v) is 6.91. The lowest BCUT2D eigenvalue weighted by molar-refractivity contribution is 0.393. The molecule has 19 heavy (non-hydrogen) atoms. The summed E-state index contributed by atoms with van der Waals surface area (Å²) in [6, 6.07) is 2.45. The van der Waals surface area contributed by atoms with E-state index in [9.17, 15) is 0 Å². The van der Waals surface area contributed by atoms with Gasteiger partial charge >= 0.3 is 0 Å². The lowest BCUT2D eigenvalue weighted by Crippen LogP contribution is -2.33. The lowest BCUT2D eigenvalue weighted by atomic mass is 9.79. The third-order valence-corrected chi connectivity index (χ3v) is 5.51. The van der Waals surface area contributed by atoms with Gasteiger partial charge < -0.3 is 10.5 Å². The summed E-state index contributed by atoms with van der Waals surface area (Å²) < 4.78 is 6.81. The fraction of sp³-hybridized carbons (Fsp3) is 0.625. The van der Waals surface area contributed by atoms with E-state index in [-0.39, 0.29) is 11.5 Å². The molecule has 2 N–H and O–H groups in total. The van der Waals surface area contributed by atoms with E-state index >= 15 is 0 Å². The highest BCUT2D eigenvalue weighted by Gasteiger charge is 2.51. The molecular formula is C16H22BrNO. The molecule has 3 rings (SSSR count). The number of rotatable bonds is 3. The van der Waals surface area contributed by atoms with Crippen LogP contribution < -0.4 is 10.5 Å². The standard InChI is InChI=1S/C16H22BrNO/c1-10(18)16(7-8-16)14-12-6-4-3-5-11(12)9-13(17)15(14)19-2/h9-10H,3-8,18H2,1-2H3. The smallest absolute Gasteiger partial charge is 0.137 e. The zero-order valence-corrected chi connectivity index (χ0v) is 13.3. The molecule has 0 heterocycles. The predicted octanol–water partition coefficient (Wildman–Crippen LogP) is 3.72. The summed E-state index contributed by atoms with van der Waals surface area (Å²) >= 11 is 3.69. The SMILES string of the molecule is COc1c(Br)cc2c(c1C1(C(C)N)CC1)CCCC2. The molecule has 1 aromatic rings. The number of aryl methyl sites for hydroxylation is 1. The Morgan fingerprint density at radius 3 is 2.58 bits per heavy atom. The molecule has 0 aliphatic heterocycles. The van der Waals surface area contributed by atoms with Crippen molar-refractivity contribution in [3.63, 3.8) is 0 Å². The molecule has 0 aromatic heterocycles. The highest BCUT2D eigenvalue weighted by Crippen LogP contribution is 2.56. The van der Waals surface area contributed by atoms with Crippen LogP contribution in [0.2, 0.25) is 0 Å². The van der Waals surface area contributed by atoms with E-state index in [1.54, 1.807) is 7.11 Å². The number of nitrogens with two attached hydrogens (primary N) is 1. The van der Waals surface area contributed by atoms with E-state index in [2.05, 4.69) is 28.9 Å². The van der Waals surface area contributed by atoms with Crippen molar-refractivity contribution in [2.75, 3.05) is 7.11 Å². The molecule has 1 fully saturated rings. The molecule has 1 saturated carbocycles. The summed E-state index contributed by atoms with van der Waals surface area (Å²) in [5.41, 5.74) is 10.9. The van der Waals surface area contributed by atoms with Gasteiger partial charge in [-0.15, -0.1) is 0 Å². The van der Waals surface area contributed by atoms with Crippen LogP contribution in [0, 0.1) is 0 Å². The maximum atomic E-state index is 6.30. The molecule has 1 aromatic carbocycles. The van der Waals surface area contributed by atoms with Crippen LogP contribution in [-0.4, -0.2) is 13.2 Å². The Hall–Kier alpha value is -0.540. The summed E-state index contributed by atoms with van der Waals surface area (Å²) in [7, 11) is 1.77. The van der Waals surface area contributed by atoms with Crippen LogP contribution in [0.3, 0.4) is 0 Å². The summed E-state index contributed by atoms with van der Waals surface area (Å²) in [6.07, 6.45) is 7.37. The van der Waals surface area contributed by atoms with E-state index in [4.69, 9.17) is 10.5 Å². The summed E-state index contributed by atoms with van der Waals surface area (Å²) in [6.45, 7) is 2.14. The molecule has 2 nitrogen and oxygen atoms in total. The van der Waals surface area contributed by atoms with E-state index in [1.807, 2.05) is 0 Å². The highest BCUT2D eigenvalue weighted by molar-refractivity contribution is 9.10. The highest BCUT2D eigenvalue weighted by atomic mass is 79.9. The summed E-state index contributed by atoms with van der Waals surface area (Å²) in [4.78, 5) is 0. The first-order valence-corrected chi connectivity index (χ1v) is 8.04. The summed E-state index contributed by atoms with van der Waals surface area (Å²) in [5.74, 6) is 1.02. The van der Waals surface area contributed by atoms with Gasteiger partial charge in [0, 0.05) is 17.0 Å². The van der Waals surface area contributed by atoms with Crippen molar-refractivity contribution in [2.24, 2.45) is 5.73 Å². The average Bonchev–Trinajstić information content (AvgIpc) is 3.18. The average molecular weight is 324 g/mol. The van der Waals surface area contributed by atoms with Gasteiger partial charge in [-0.25, -0.2) is 0 Å². The quantitative estimate of drug-likeness (QED) is 0.920. The van der Waals surface area contributed by atoms with E-state index in [0.29, 0.717) is 0 Å². The van der Waals surface area contributed by atoms with Gasteiger partial charge in [0.1, 0.15) is 5.75 Å². The molecule has 0 spiro atoms. The van der Waals surface area contributed by atoms with Crippen molar-refractivity contribution < 1.29 is 4.74 Å². The van der Waals surface area contributed by atoms with Gasteiger partial charge in [-0.3, -0.25) is 0 Å². The zero-order valence-electron chi connectivity index (χ0n) is 11.8. The van der Waals surface area contributed by atoms with Gasteiger partial charge in [0.05, 0.1) is 11.6 Å². The minimum absolute atomic E-state index is 0.163. The number of methoxy groups -OCH3 is 1. The first-order chi connectivity index (χ1) is 9.10. The normalized spacial score (nSPS) is 21.7. The molecule has 104 valence electrons. The van der Waals surface area contributed by atoms with Crippen LogP contribution in [0.15, 0.2) is 10.5 Å². The largest absolute Gasteiger partial charge is 0.495 e. The molecule has 3 heteroatoms. The first kappa shape index (κ1) is 13.4. The minimum atomic E-state index is 0.163. The first-order valence-electron chi connectivity index (χ1n) is 7.24. The van der Waals surface area contributed by atoms with Crippen molar-refractivity contribution >= 4 is 15.9 Å². The molecular weight excluding hydrogens is 302 g/mol. The predicted molar refractivity (Wildman–Crippen MR) is 81.9 cm³/mol. The number of ether oxygens (including phenoxy) is 1. The number of fused-ring (bicyclic) bond motifs is 1. The zero-order chi connectivity index (χ0) is 13.6. The van der Waals surface area contributed by atoms with E-state index < -0.39 is 0 Å². The second kappa shape index (κ2) is 4.78. The van der Waals surface area contributed by atoms with Gasteiger partial charge in [0.25, 0.3) is 0 Å². The fourth-order valence-corrected chi connectivity index (χ4v) is 4.28. The van der Waals surface area contributed by atoms with Gasteiger partial charge in [-0.2, -0.15) is 0 Å². The summed E-state index contributed by atoms with van der Waals surface area (Å²) in [5, 5.41) is 0. The van der Waals surface area contributed by atoms with E-state index in [0.717, 1.165) is 10.2 Å². The van der Waals surface area contributed by atoms with E-state index in [1.165, 1.54) is 55.2 Å². The number of halogens is 1. The number of hydrogen-bond acceptors (Lipinski definition) is 2. The Balaban J connectivity index is 2.23. The Bertz CT molecular complexity index is 506. The topological polar surface area (TPSA) is 35.2 Å². The van der Waals surface area contributed by atoms with Gasteiger partial charge in [-0.05, 0) is 78.6 Å². The Kier molecular flexibility index (Phi) is 3.38. The van der Waals surface area contributed by atoms with Crippen LogP contribution >= 0.6 is 15.9 Å². The molecule has 2 aliphatic rings. The van der Waals surface area contributed by atoms with Crippen LogP contribution in [-0.2, 0) is 18.3 Å². The van der Waals surface area contributed by atoms with Crippen LogP contribution in [0.5, 0.6) is 5.75 Å². The second-order valence-electron chi connectivity index (χ2n) is 6.06. The molecule has 2 aliphatic carbocycles. The maximum absolute atomic E-state index is 6.30. The third kappa shape index (κ3) is 2.02. The lowest BCUT2D eigenvalue weighted by Gasteiger charge is -2.30. The number of benzene rings is 1. The van der Waals surface area contributed by atoms with Crippen LogP contribution in [0.4, 0.5) is 0 Å². The Morgan fingerprint density at radius 2 is 2.00 bits per heavy atom. The Labute approximate surface area is 123 Å². The molecule has 0 bridgehead atoms. The van der Waals surface area contributed by atoms with Gasteiger partial charge in [-0.1, -0.05) is 0 Å². The van der Waals surface area contributed by atoms with Crippen molar-refractivity contribution in [3.8, 4) is 5.75 Å². The number of hydrogen-bond donors (Lipinski definition) is 1.